The molecular formula is C26H28N2O3. The van der Waals surface area contributed by atoms with Crippen LogP contribution in [0.1, 0.15) is 35.7 Å². The molecule has 31 heavy (non-hydrogen) atoms. The lowest BCUT2D eigenvalue weighted by atomic mass is 9.99. The van der Waals surface area contributed by atoms with Crippen LogP contribution >= 0.6 is 0 Å². The van der Waals surface area contributed by atoms with Crippen molar-refractivity contribution in [3.8, 4) is 5.75 Å². The van der Waals surface area contributed by atoms with Crippen molar-refractivity contribution in [2.24, 2.45) is 5.92 Å². The number of anilines is 1. The molecule has 0 bridgehead atoms. The van der Waals surface area contributed by atoms with E-state index >= 15 is 0 Å². The smallest absolute Gasteiger partial charge is 0.260 e. The van der Waals surface area contributed by atoms with Crippen molar-refractivity contribution in [1.82, 2.24) is 4.90 Å². The van der Waals surface area contributed by atoms with Gasteiger partial charge in [0.15, 0.2) is 6.61 Å². The van der Waals surface area contributed by atoms with Gasteiger partial charge in [0.2, 0.25) is 0 Å². The predicted molar refractivity (Wildman–Crippen MR) is 124 cm³/mol. The van der Waals surface area contributed by atoms with Gasteiger partial charge in [-0.25, -0.2) is 0 Å². The van der Waals surface area contributed by atoms with Crippen molar-refractivity contribution >= 4 is 28.3 Å². The van der Waals surface area contributed by atoms with E-state index in [9.17, 15) is 9.59 Å². The Morgan fingerprint density at radius 2 is 1.65 bits per heavy atom. The molecule has 3 aromatic rings. The van der Waals surface area contributed by atoms with E-state index in [1.165, 1.54) is 0 Å². The van der Waals surface area contributed by atoms with Crippen LogP contribution in [0.25, 0.3) is 10.8 Å². The minimum Gasteiger partial charge on any atom is -0.483 e. The standard InChI is InChI=1S/C26H28N2O3/c1-18-11-13-28(14-12-18)25(29)17-31-24-16-21-9-5-4-8-20(21)15-22(24)26(30)27-23-10-6-3-7-19(23)2/h3-10,15-16,18H,11-14,17H2,1-2H3,(H,27,30). The Kier molecular flexibility index (Phi) is 6.21. The van der Waals surface area contributed by atoms with Gasteiger partial charge in [-0.2, -0.15) is 0 Å². The first-order chi connectivity index (χ1) is 15.0. The van der Waals surface area contributed by atoms with Gasteiger partial charge in [-0.15, -0.1) is 0 Å². The van der Waals surface area contributed by atoms with Crippen LogP contribution in [0.15, 0.2) is 60.7 Å². The Bertz CT molecular complexity index is 1100. The molecule has 0 unspecified atom stereocenters. The van der Waals surface area contributed by atoms with Crippen molar-refractivity contribution in [2.75, 3.05) is 25.0 Å². The summed E-state index contributed by atoms with van der Waals surface area (Å²) in [6.45, 7) is 5.62. The number of hydrogen-bond acceptors (Lipinski definition) is 3. The molecule has 4 rings (SSSR count). The number of nitrogens with zero attached hydrogens (tertiary/aromatic N) is 1. The predicted octanol–water partition coefficient (Wildman–Crippen LogP) is 5.04. The molecular weight excluding hydrogens is 388 g/mol. The molecule has 1 saturated heterocycles. The van der Waals surface area contributed by atoms with Gasteiger partial charge in [0.1, 0.15) is 5.75 Å². The molecule has 2 amide bonds. The average Bonchev–Trinajstić information content (AvgIpc) is 2.78. The second-order valence-corrected chi connectivity index (χ2v) is 8.32. The second-order valence-electron chi connectivity index (χ2n) is 8.32. The summed E-state index contributed by atoms with van der Waals surface area (Å²) in [4.78, 5) is 27.6. The Labute approximate surface area is 183 Å². The van der Waals surface area contributed by atoms with Crippen LogP contribution in [0.4, 0.5) is 5.69 Å². The lowest BCUT2D eigenvalue weighted by molar-refractivity contribution is -0.134. The number of carbonyl (C=O) groups is 2. The minimum absolute atomic E-state index is 0.0367. The van der Waals surface area contributed by atoms with Crippen molar-refractivity contribution in [1.29, 1.82) is 0 Å². The number of nitrogens with one attached hydrogen (secondary N) is 1. The zero-order chi connectivity index (χ0) is 21.8. The third kappa shape index (κ3) is 4.88. The molecule has 0 spiro atoms. The van der Waals surface area contributed by atoms with Crippen LogP contribution in [0.3, 0.4) is 0 Å². The Hall–Kier alpha value is -3.34. The summed E-state index contributed by atoms with van der Waals surface area (Å²) >= 11 is 0. The third-order valence-electron chi connectivity index (χ3n) is 5.97. The van der Waals surface area contributed by atoms with Crippen LogP contribution in [0, 0.1) is 12.8 Å². The van der Waals surface area contributed by atoms with Crippen LogP contribution in [0.2, 0.25) is 0 Å². The van der Waals surface area contributed by atoms with Gasteiger partial charge < -0.3 is 15.0 Å². The summed E-state index contributed by atoms with van der Waals surface area (Å²) in [6, 6.07) is 19.1. The van der Waals surface area contributed by atoms with E-state index in [2.05, 4.69) is 12.2 Å². The molecule has 0 aromatic heterocycles. The van der Waals surface area contributed by atoms with Crippen molar-refractivity contribution in [3.05, 3.63) is 71.8 Å². The molecule has 1 fully saturated rings. The summed E-state index contributed by atoms with van der Waals surface area (Å²) in [5, 5.41) is 4.88. The molecule has 160 valence electrons. The van der Waals surface area contributed by atoms with Crippen molar-refractivity contribution < 1.29 is 14.3 Å². The van der Waals surface area contributed by atoms with Crippen LogP contribution in [-0.2, 0) is 4.79 Å². The van der Waals surface area contributed by atoms with Gasteiger partial charge in [-0.3, -0.25) is 9.59 Å². The average molecular weight is 417 g/mol. The van der Waals surface area contributed by atoms with Crippen LogP contribution in [-0.4, -0.2) is 36.4 Å². The first-order valence-electron chi connectivity index (χ1n) is 10.8. The highest BCUT2D eigenvalue weighted by Gasteiger charge is 2.22. The van der Waals surface area contributed by atoms with E-state index < -0.39 is 0 Å². The molecule has 1 aliphatic heterocycles. The SMILES string of the molecule is Cc1ccccc1NC(=O)c1cc2ccccc2cc1OCC(=O)N1CCC(C)CC1. The summed E-state index contributed by atoms with van der Waals surface area (Å²) in [5.41, 5.74) is 2.15. The van der Waals surface area contributed by atoms with E-state index in [1.54, 1.807) is 0 Å². The van der Waals surface area contributed by atoms with Gasteiger partial charge in [0.25, 0.3) is 11.8 Å². The maximum Gasteiger partial charge on any atom is 0.260 e. The van der Waals surface area contributed by atoms with E-state index in [0.29, 0.717) is 17.2 Å². The normalized spacial score (nSPS) is 14.5. The molecule has 3 aromatic carbocycles. The van der Waals surface area contributed by atoms with Crippen molar-refractivity contribution in [2.45, 2.75) is 26.7 Å². The van der Waals surface area contributed by atoms with Gasteiger partial charge in [-0.05, 0) is 60.2 Å². The summed E-state index contributed by atoms with van der Waals surface area (Å²) in [5.74, 6) is 0.783. The third-order valence-corrected chi connectivity index (χ3v) is 5.97. The van der Waals surface area contributed by atoms with Gasteiger partial charge in [0, 0.05) is 18.8 Å². The minimum atomic E-state index is -0.255. The molecule has 1 N–H and O–H groups in total. The number of rotatable bonds is 5. The zero-order valence-electron chi connectivity index (χ0n) is 18.1. The molecule has 0 atom stereocenters. The molecule has 0 saturated carbocycles. The molecule has 1 aliphatic rings. The number of piperidine rings is 1. The lowest BCUT2D eigenvalue weighted by Crippen LogP contribution is -2.40. The number of likely N-dealkylation sites (tertiary alicyclic amines) is 1. The first kappa shape index (κ1) is 20.9. The van der Waals surface area contributed by atoms with E-state index in [4.69, 9.17) is 4.74 Å². The number of para-hydroxylation sites is 1. The molecule has 0 aliphatic carbocycles. The number of amides is 2. The Balaban J connectivity index is 1.57. The summed E-state index contributed by atoms with van der Waals surface area (Å²) < 4.78 is 5.92. The van der Waals surface area contributed by atoms with E-state index in [0.717, 1.165) is 48.0 Å². The number of fused-ring (bicyclic) bond motifs is 1. The topological polar surface area (TPSA) is 58.6 Å². The fourth-order valence-electron chi connectivity index (χ4n) is 3.91. The number of benzene rings is 3. The molecule has 0 radical (unpaired) electrons. The summed E-state index contributed by atoms with van der Waals surface area (Å²) in [7, 11) is 0. The lowest BCUT2D eigenvalue weighted by Gasteiger charge is -2.30. The number of aryl methyl sites for hydroxylation is 1. The quantitative estimate of drug-likeness (QED) is 0.634. The van der Waals surface area contributed by atoms with E-state index in [-0.39, 0.29) is 18.4 Å². The number of ether oxygens (including phenoxy) is 1. The molecule has 5 heteroatoms. The molecule has 1 heterocycles. The van der Waals surface area contributed by atoms with Crippen LogP contribution in [0.5, 0.6) is 5.75 Å². The van der Waals surface area contributed by atoms with E-state index in [1.807, 2.05) is 72.5 Å². The van der Waals surface area contributed by atoms with Crippen molar-refractivity contribution in [3.63, 3.8) is 0 Å². The number of hydrogen-bond donors (Lipinski definition) is 1. The van der Waals surface area contributed by atoms with Gasteiger partial charge in [-0.1, -0.05) is 49.4 Å². The monoisotopic (exact) mass is 416 g/mol. The fraction of sp³-hybridized carbons (Fsp3) is 0.308. The van der Waals surface area contributed by atoms with Crippen LogP contribution < -0.4 is 10.1 Å². The zero-order valence-corrected chi connectivity index (χ0v) is 18.1. The maximum absolute atomic E-state index is 13.1. The number of carbonyl (C=O) groups excluding carboxylic acids is 2. The highest BCUT2D eigenvalue weighted by atomic mass is 16.5. The van der Waals surface area contributed by atoms with Gasteiger partial charge >= 0.3 is 0 Å². The maximum atomic E-state index is 13.1. The summed E-state index contributed by atoms with van der Waals surface area (Å²) in [6.07, 6.45) is 2.04. The van der Waals surface area contributed by atoms with Gasteiger partial charge in [0.05, 0.1) is 5.56 Å². The fourth-order valence-corrected chi connectivity index (χ4v) is 3.91. The Morgan fingerprint density at radius 1 is 1.00 bits per heavy atom. The second kappa shape index (κ2) is 9.21. The molecule has 5 nitrogen and oxygen atoms in total. The highest BCUT2D eigenvalue weighted by Crippen LogP contribution is 2.28. The Morgan fingerprint density at radius 3 is 2.35 bits per heavy atom. The highest BCUT2D eigenvalue weighted by molar-refractivity contribution is 6.09. The first-order valence-corrected chi connectivity index (χ1v) is 10.8. The largest absolute Gasteiger partial charge is 0.483 e.